The van der Waals surface area contributed by atoms with Crippen LogP contribution in [0.1, 0.15) is 27.7 Å². The van der Waals surface area contributed by atoms with E-state index in [2.05, 4.69) is 52.2 Å². The number of hydrogen-bond acceptors (Lipinski definition) is 5. The van der Waals surface area contributed by atoms with Crippen molar-refractivity contribution >= 4 is 24.9 Å². The first-order valence-electron chi connectivity index (χ1n) is 11.7. The number of aromatic hydroxyl groups is 1. The number of rotatable bonds is 7. The van der Waals surface area contributed by atoms with Gasteiger partial charge in [0.1, 0.15) is 12.5 Å². The van der Waals surface area contributed by atoms with Gasteiger partial charge in [-0.2, -0.15) is 0 Å². The molecule has 0 saturated carbocycles. The number of phenolic OH excluding ortho intramolecular Hbond substituents is 1. The van der Waals surface area contributed by atoms with Crippen molar-refractivity contribution in [2.24, 2.45) is 0 Å². The van der Waals surface area contributed by atoms with Crippen LogP contribution in [-0.4, -0.2) is 45.5 Å². The minimum absolute atomic E-state index is 0.0568. The van der Waals surface area contributed by atoms with E-state index in [9.17, 15) is 9.90 Å². The number of benzene rings is 1. The van der Waals surface area contributed by atoms with E-state index in [1.54, 1.807) is 22.8 Å². The third-order valence-corrected chi connectivity index (χ3v) is 7.99. The fourth-order valence-electron chi connectivity index (χ4n) is 4.77. The second-order valence-electron chi connectivity index (χ2n) is 11.2. The van der Waals surface area contributed by atoms with Gasteiger partial charge in [0.25, 0.3) is 5.56 Å². The molecule has 0 aliphatic carbocycles. The van der Waals surface area contributed by atoms with Crippen LogP contribution >= 0.6 is 0 Å². The van der Waals surface area contributed by atoms with E-state index in [1.165, 1.54) is 0 Å². The maximum absolute atomic E-state index is 13.1. The van der Waals surface area contributed by atoms with Crippen LogP contribution in [0.4, 0.5) is 5.95 Å². The van der Waals surface area contributed by atoms with Crippen molar-refractivity contribution in [3.8, 4) is 17.0 Å². The Balaban J connectivity index is 1.76. The predicted molar refractivity (Wildman–Crippen MR) is 137 cm³/mol. The Labute approximate surface area is 196 Å². The van der Waals surface area contributed by atoms with Crippen molar-refractivity contribution in [3.05, 3.63) is 40.8 Å². The summed E-state index contributed by atoms with van der Waals surface area (Å²) in [5, 5.41) is 11.0. The maximum atomic E-state index is 13.1. The van der Waals surface area contributed by atoms with Crippen molar-refractivity contribution in [2.75, 3.05) is 11.5 Å². The highest BCUT2D eigenvalue weighted by Crippen LogP contribution is 2.36. The molecule has 0 fully saturated rings. The van der Waals surface area contributed by atoms with Gasteiger partial charge >= 0.3 is 0 Å². The Morgan fingerprint density at radius 3 is 2.61 bits per heavy atom. The van der Waals surface area contributed by atoms with E-state index in [1.807, 2.05) is 16.8 Å². The molecule has 4 rings (SSSR count). The molecule has 33 heavy (non-hydrogen) atoms. The fraction of sp³-hybridized carbons (Fsp3) is 0.520. The number of phenols is 1. The molecule has 1 aromatic carbocycles. The van der Waals surface area contributed by atoms with Gasteiger partial charge in [0, 0.05) is 43.9 Å². The van der Waals surface area contributed by atoms with E-state index >= 15 is 0 Å². The van der Waals surface area contributed by atoms with Gasteiger partial charge in [0.05, 0.1) is 23.3 Å². The summed E-state index contributed by atoms with van der Waals surface area (Å²) in [6, 6.07) is 8.22. The van der Waals surface area contributed by atoms with Gasteiger partial charge in [0.2, 0.25) is 5.95 Å². The minimum atomic E-state index is -1.17. The highest BCUT2D eigenvalue weighted by molar-refractivity contribution is 6.76. The first-order valence-corrected chi connectivity index (χ1v) is 15.4. The summed E-state index contributed by atoms with van der Waals surface area (Å²) in [6.45, 7) is 17.3. The summed E-state index contributed by atoms with van der Waals surface area (Å²) < 4.78 is 9.79. The molecule has 1 aliphatic rings. The number of ether oxygens (including phenoxy) is 1. The van der Waals surface area contributed by atoms with Gasteiger partial charge in [-0.1, -0.05) is 19.6 Å². The molecule has 2 aromatic heterocycles. The normalized spacial score (nSPS) is 15.6. The van der Waals surface area contributed by atoms with E-state index in [0.717, 1.165) is 29.1 Å². The molecule has 0 amide bonds. The number of nitrogens with zero attached hydrogens (tertiary/aromatic N) is 4. The summed E-state index contributed by atoms with van der Waals surface area (Å²) in [6.07, 6.45) is 1.98. The zero-order valence-electron chi connectivity index (χ0n) is 20.8. The second kappa shape index (κ2) is 8.33. The molecule has 1 N–H and O–H groups in total. The van der Waals surface area contributed by atoms with Crippen LogP contribution < -0.4 is 10.5 Å². The Kier molecular flexibility index (Phi) is 5.95. The minimum Gasteiger partial charge on any atom is -0.508 e. The first-order chi connectivity index (χ1) is 15.4. The zero-order chi connectivity index (χ0) is 24.1. The summed E-state index contributed by atoms with van der Waals surface area (Å²) in [5.74, 6) is 0.883. The molecule has 8 heteroatoms. The van der Waals surface area contributed by atoms with Crippen molar-refractivity contribution in [1.29, 1.82) is 0 Å². The fourth-order valence-corrected chi connectivity index (χ4v) is 5.52. The average molecular weight is 469 g/mol. The molecule has 3 aromatic rings. The van der Waals surface area contributed by atoms with Crippen LogP contribution in [0.25, 0.3) is 22.2 Å². The van der Waals surface area contributed by atoms with Gasteiger partial charge in [0.15, 0.2) is 0 Å². The van der Waals surface area contributed by atoms with Crippen LogP contribution in [0.5, 0.6) is 5.75 Å². The third kappa shape index (κ3) is 4.59. The molecule has 0 spiro atoms. The largest absolute Gasteiger partial charge is 0.508 e. The lowest BCUT2D eigenvalue weighted by atomic mass is 10.0. The highest BCUT2D eigenvalue weighted by Gasteiger charge is 2.39. The Bertz CT molecular complexity index is 1240. The molecule has 178 valence electrons. The number of fused-ring (bicyclic) bond motifs is 2. The van der Waals surface area contributed by atoms with Crippen molar-refractivity contribution in [3.63, 3.8) is 0 Å². The van der Waals surface area contributed by atoms with Crippen LogP contribution in [0.15, 0.2) is 35.3 Å². The van der Waals surface area contributed by atoms with Gasteiger partial charge in [-0.05, 0) is 51.9 Å². The molecule has 1 aliphatic heterocycles. The standard InChI is InChI=1S/C25H36N4O3Si/c1-17(2)29-24-26-21(13-23(31)28(24)15-25(29,3)4)20-14-27(16-32-10-11-33(5,6)7)22-9-8-18(30)12-19(20)22/h8-9,12-14,17,30H,10-11,15-16H2,1-7H3. The van der Waals surface area contributed by atoms with E-state index in [0.29, 0.717) is 24.9 Å². The van der Waals surface area contributed by atoms with Crippen molar-refractivity contribution < 1.29 is 9.84 Å². The Hall–Kier alpha value is -2.58. The molecule has 0 saturated heterocycles. The van der Waals surface area contributed by atoms with E-state index in [4.69, 9.17) is 9.72 Å². The highest BCUT2D eigenvalue weighted by atomic mass is 28.3. The Morgan fingerprint density at radius 2 is 1.94 bits per heavy atom. The van der Waals surface area contributed by atoms with Crippen LogP contribution in [0.3, 0.4) is 0 Å². The van der Waals surface area contributed by atoms with Crippen molar-refractivity contribution in [1.82, 2.24) is 14.1 Å². The monoisotopic (exact) mass is 468 g/mol. The lowest BCUT2D eigenvalue weighted by Gasteiger charge is -2.35. The summed E-state index contributed by atoms with van der Waals surface area (Å²) >= 11 is 0. The van der Waals surface area contributed by atoms with Gasteiger partial charge in [-0.15, -0.1) is 0 Å². The number of anilines is 1. The summed E-state index contributed by atoms with van der Waals surface area (Å²) in [7, 11) is -1.17. The molecular formula is C25H36N4O3Si. The number of aromatic nitrogens is 3. The molecule has 0 bridgehead atoms. The maximum Gasteiger partial charge on any atom is 0.255 e. The summed E-state index contributed by atoms with van der Waals surface area (Å²) in [5.41, 5.74) is 2.13. The zero-order valence-corrected chi connectivity index (χ0v) is 21.8. The van der Waals surface area contributed by atoms with Gasteiger partial charge in [-0.25, -0.2) is 4.98 Å². The van der Waals surface area contributed by atoms with Gasteiger partial charge in [-0.3, -0.25) is 9.36 Å². The van der Waals surface area contributed by atoms with Crippen LogP contribution in [-0.2, 0) is 18.0 Å². The van der Waals surface area contributed by atoms with Crippen LogP contribution in [0, 0.1) is 0 Å². The van der Waals surface area contributed by atoms with Crippen molar-refractivity contribution in [2.45, 2.75) is 78.2 Å². The van der Waals surface area contributed by atoms with E-state index in [-0.39, 0.29) is 22.9 Å². The smallest absolute Gasteiger partial charge is 0.255 e. The molecule has 0 unspecified atom stereocenters. The summed E-state index contributed by atoms with van der Waals surface area (Å²) in [4.78, 5) is 20.3. The lowest BCUT2D eigenvalue weighted by molar-refractivity contribution is 0.0903. The molecule has 0 radical (unpaired) electrons. The Morgan fingerprint density at radius 1 is 1.21 bits per heavy atom. The lowest BCUT2D eigenvalue weighted by Crippen LogP contribution is -2.45. The molecule has 3 heterocycles. The quantitative estimate of drug-likeness (QED) is 0.395. The SMILES string of the molecule is CC(C)N1c2nc(-c3cn(COCC[Si](C)(C)C)c4ccc(O)cc34)cc(=O)n2CC1(C)C. The second-order valence-corrected chi connectivity index (χ2v) is 16.8. The first kappa shape index (κ1) is 23.6. The molecule has 0 atom stereocenters. The van der Waals surface area contributed by atoms with Gasteiger partial charge < -0.3 is 19.3 Å². The van der Waals surface area contributed by atoms with Crippen LogP contribution in [0.2, 0.25) is 25.7 Å². The molecular weight excluding hydrogens is 432 g/mol. The molecule has 7 nitrogen and oxygen atoms in total. The topological polar surface area (TPSA) is 72.5 Å². The average Bonchev–Trinajstić information content (AvgIpc) is 3.18. The third-order valence-electron chi connectivity index (χ3n) is 6.28. The number of hydrogen-bond donors (Lipinski definition) is 1. The van der Waals surface area contributed by atoms with E-state index < -0.39 is 8.07 Å². The predicted octanol–water partition coefficient (Wildman–Crippen LogP) is 4.89.